The number of benzene rings is 1. The van der Waals surface area contributed by atoms with Gasteiger partial charge in [-0.3, -0.25) is 10.1 Å². The van der Waals surface area contributed by atoms with E-state index in [9.17, 15) is 4.79 Å². The average Bonchev–Trinajstić information content (AvgIpc) is 2.90. The second-order valence-corrected chi connectivity index (χ2v) is 6.75. The summed E-state index contributed by atoms with van der Waals surface area (Å²) in [6.45, 7) is 8.48. The number of aryl methyl sites for hydroxylation is 1. The summed E-state index contributed by atoms with van der Waals surface area (Å²) in [5.41, 5.74) is 2.32. The molecule has 22 heavy (non-hydrogen) atoms. The maximum atomic E-state index is 11.8. The summed E-state index contributed by atoms with van der Waals surface area (Å²) in [6.07, 6.45) is 1.07. The number of carbonyl (C=O) groups excluding carboxylic acids is 1. The summed E-state index contributed by atoms with van der Waals surface area (Å²) in [4.78, 5) is 16.0. The van der Waals surface area contributed by atoms with Gasteiger partial charge in [-0.25, -0.2) is 4.98 Å². The molecule has 1 N–H and O–H groups in total. The van der Waals surface area contributed by atoms with E-state index in [1.54, 1.807) is 0 Å². The minimum absolute atomic E-state index is 0.0187. The van der Waals surface area contributed by atoms with Gasteiger partial charge in [0.2, 0.25) is 0 Å². The molecule has 0 unspecified atom stereocenters. The fourth-order valence-corrected chi connectivity index (χ4v) is 2.63. The molecule has 0 bridgehead atoms. The number of nitrogens with zero attached hydrogens (tertiary/aromatic N) is 1. The summed E-state index contributed by atoms with van der Waals surface area (Å²) >= 11 is 1.41. The van der Waals surface area contributed by atoms with Crippen LogP contribution < -0.4 is 10.1 Å². The first-order valence-electron chi connectivity index (χ1n) is 7.36. The van der Waals surface area contributed by atoms with Crippen molar-refractivity contribution in [2.75, 3.05) is 11.9 Å². The zero-order valence-electron chi connectivity index (χ0n) is 13.5. The van der Waals surface area contributed by atoms with Crippen molar-refractivity contribution in [1.29, 1.82) is 0 Å². The SMILES string of the molecule is CCC(C)(C)c1ccc(OCC(=O)Nc2nc(C)cs2)cc1. The van der Waals surface area contributed by atoms with E-state index in [0.29, 0.717) is 10.9 Å². The molecule has 1 heterocycles. The predicted octanol–water partition coefficient (Wildman–Crippen LogP) is 4.16. The largest absolute Gasteiger partial charge is 0.484 e. The lowest BCUT2D eigenvalue weighted by atomic mass is 9.82. The van der Waals surface area contributed by atoms with E-state index in [1.807, 2.05) is 24.4 Å². The molecule has 0 aliphatic carbocycles. The summed E-state index contributed by atoms with van der Waals surface area (Å²) < 4.78 is 5.51. The Morgan fingerprint density at radius 1 is 1.32 bits per heavy atom. The van der Waals surface area contributed by atoms with E-state index < -0.39 is 0 Å². The Morgan fingerprint density at radius 2 is 2.00 bits per heavy atom. The van der Waals surface area contributed by atoms with Crippen molar-refractivity contribution < 1.29 is 9.53 Å². The van der Waals surface area contributed by atoms with Crippen molar-refractivity contribution >= 4 is 22.4 Å². The number of carbonyl (C=O) groups is 1. The van der Waals surface area contributed by atoms with Crippen molar-refractivity contribution in [3.63, 3.8) is 0 Å². The number of thiazole rings is 1. The number of anilines is 1. The van der Waals surface area contributed by atoms with E-state index in [2.05, 4.69) is 43.2 Å². The third kappa shape index (κ3) is 4.31. The lowest BCUT2D eigenvalue weighted by Gasteiger charge is -2.23. The van der Waals surface area contributed by atoms with Gasteiger partial charge in [0.15, 0.2) is 11.7 Å². The fraction of sp³-hybridized carbons (Fsp3) is 0.412. The molecule has 0 aliphatic heterocycles. The van der Waals surface area contributed by atoms with Crippen molar-refractivity contribution in [2.45, 2.75) is 39.5 Å². The van der Waals surface area contributed by atoms with Crippen LogP contribution in [0, 0.1) is 6.92 Å². The Morgan fingerprint density at radius 3 is 2.55 bits per heavy atom. The van der Waals surface area contributed by atoms with Crippen LogP contribution in [-0.2, 0) is 10.2 Å². The maximum absolute atomic E-state index is 11.8. The van der Waals surface area contributed by atoms with Gasteiger partial charge in [-0.1, -0.05) is 32.9 Å². The van der Waals surface area contributed by atoms with Crippen molar-refractivity contribution in [2.24, 2.45) is 0 Å². The van der Waals surface area contributed by atoms with Crippen LogP contribution >= 0.6 is 11.3 Å². The predicted molar refractivity (Wildman–Crippen MR) is 90.7 cm³/mol. The lowest BCUT2D eigenvalue weighted by molar-refractivity contribution is -0.118. The summed E-state index contributed by atoms with van der Waals surface area (Å²) in [5, 5.41) is 5.22. The second-order valence-electron chi connectivity index (χ2n) is 5.89. The quantitative estimate of drug-likeness (QED) is 0.870. The molecule has 1 aromatic heterocycles. The molecule has 0 fully saturated rings. The van der Waals surface area contributed by atoms with Crippen molar-refractivity contribution in [1.82, 2.24) is 4.98 Å². The highest BCUT2D eigenvalue weighted by molar-refractivity contribution is 7.13. The summed E-state index contributed by atoms with van der Waals surface area (Å²) in [5.74, 6) is 0.494. The number of aromatic nitrogens is 1. The number of amides is 1. The minimum atomic E-state index is -0.202. The standard InChI is InChI=1S/C17H22N2O2S/c1-5-17(3,4)13-6-8-14(9-7-13)21-10-15(20)19-16-18-12(2)11-22-16/h6-9,11H,5,10H2,1-4H3,(H,18,19,20). The van der Waals surface area contributed by atoms with E-state index in [-0.39, 0.29) is 17.9 Å². The Kier molecular flexibility index (Phi) is 5.19. The number of hydrogen-bond acceptors (Lipinski definition) is 4. The molecule has 118 valence electrons. The number of rotatable bonds is 6. The molecule has 5 heteroatoms. The molecule has 0 saturated heterocycles. The zero-order chi connectivity index (χ0) is 16.2. The molecule has 0 atom stereocenters. The van der Waals surface area contributed by atoms with Gasteiger partial charge >= 0.3 is 0 Å². The van der Waals surface area contributed by atoms with Crippen LogP contribution in [-0.4, -0.2) is 17.5 Å². The molecular formula is C17H22N2O2S. The van der Waals surface area contributed by atoms with Gasteiger partial charge < -0.3 is 4.74 Å². The molecule has 1 aromatic carbocycles. The Hall–Kier alpha value is -1.88. The number of ether oxygens (including phenoxy) is 1. The van der Waals surface area contributed by atoms with Crippen molar-refractivity contribution in [3.8, 4) is 5.75 Å². The number of nitrogens with one attached hydrogen (secondary N) is 1. The first-order valence-corrected chi connectivity index (χ1v) is 8.24. The first-order chi connectivity index (χ1) is 10.4. The van der Waals surface area contributed by atoms with Crippen LogP contribution in [0.5, 0.6) is 5.75 Å². The van der Waals surface area contributed by atoms with Crippen LogP contribution in [0.2, 0.25) is 0 Å². The topological polar surface area (TPSA) is 51.2 Å². The highest BCUT2D eigenvalue weighted by atomic mass is 32.1. The van der Waals surface area contributed by atoms with Crippen molar-refractivity contribution in [3.05, 3.63) is 40.9 Å². The lowest BCUT2D eigenvalue weighted by Crippen LogP contribution is -2.20. The molecule has 0 saturated carbocycles. The first kappa shape index (κ1) is 16.5. The second kappa shape index (κ2) is 6.92. The van der Waals surface area contributed by atoms with Crippen LogP contribution in [0.4, 0.5) is 5.13 Å². The van der Waals surface area contributed by atoms with Crippen LogP contribution in [0.15, 0.2) is 29.6 Å². The summed E-state index contributed by atoms with van der Waals surface area (Å²) in [6, 6.07) is 7.93. The minimum Gasteiger partial charge on any atom is -0.484 e. The van der Waals surface area contributed by atoms with Crippen LogP contribution in [0.3, 0.4) is 0 Å². The Bertz CT molecular complexity index is 632. The van der Waals surface area contributed by atoms with Gasteiger partial charge in [-0.2, -0.15) is 0 Å². The highest BCUT2D eigenvalue weighted by Crippen LogP contribution is 2.28. The highest BCUT2D eigenvalue weighted by Gasteiger charge is 2.17. The molecule has 0 radical (unpaired) electrons. The van der Waals surface area contributed by atoms with Crippen LogP contribution in [0.1, 0.15) is 38.4 Å². The monoisotopic (exact) mass is 318 g/mol. The van der Waals surface area contributed by atoms with E-state index >= 15 is 0 Å². The van der Waals surface area contributed by atoms with E-state index in [1.165, 1.54) is 16.9 Å². The molecule has 2 rings (SSSR count). The van der Waals surface area contributed by atoms with Gasteiger partial charge in [-0.05, 0) is 36.5 Å². The third-order valence-corrected chi connectivity index (χ3v) is 4.63. The third-order valence-electron chi connectivity index (χ3n) is 3.75. The smallest absolute Gasteiger partial charge is 0.264 e. The Labute approximate surface area is 135 Å². The Balaban J connectivity index is 1.87. The van der Waals surface area contributed by atoms with Crippen LogP contribution in [0.25, 0.3) is 0 Å². The molecular weight excluding hydrogens is 296 g/mol. The molecule has 2 aromatic rings. The molecule has 4 nitrogen and oxygen atoms in total. The normalized spacial score (nSPS) is 11.3. The molecule has 1 amide bonds. The van der Waals surface area contributed by atoms with E-state index in [4.69, 9.17) is 4.74 Å². The number of hydrogen-bond donors (Lipinski definition) is 1. The maximum Gasteiger partial charge on any atom is 0.264 e. The van der Waals surface area contributed by atoms with Gasteiger partial charge in [0, 0.05) is 5.38 Å². The zero-order valence-corrected chi connectivity index (χ0v) is 14.3. The molecule has 0 spiro atoms. The van der Waals surface area contributed by atoms with Gasteiger partial charge in [0.1, 0.15) is 5.75 Å². The van der Waals surface area contributed by atoms with Gasteiger partial charge in [-0.15, -0.1) is 11.3 Å². The van der Waals surface area contributed by atoms with Gasteiger partial charge in [0.25, 0.3) is 5.91 Å². The molecule has 0 aliphatic rings. The average molecular weight is 318 g/mol. The van der Waals surface area contributed by atoms with Gasteiger partial charge in [0.05, 0.1) is 5.69 Å². The van der Waals surface area contributed by atoms with E-state index in [0.717, 1.165) is 12.1 Å². The summed E-state index contributed by atoms with van der Waals surface area (Å²) in [7, 11) is 0. The fourth-order valence-electron chi connectivity index (χ4n) is 1.92.